The maximum atomic E-state index is 5.80. The van der Waals surface area contributed by atoms with Gasteiger partial charge in [0.25, 0.3) is 0 Å². The third-order valence-corrected chi connectivity index (χ3v) is 3.12. The minimum Gasteiger partial charge on any atom is -0.492 e. The molecule has 5 nitrogen and oxygen atoms in total. The fourth-order valence-electron chi connectivity index (χ4n) is 2.21. The number of nitrogen functional groups attached to an aromatic ring is 1. The zero-order valence-electron chi connectivity index (χ0n) is 10.9. The van der Waals surface area contributed by atoms with Crippen LogP contribution in [0.4, 0.5) is 5.82 Å². The van der Waals surface area contributed by atoms with Gasteiger partial charge >= 0.3 is 0 Å². The molecule has 1 aromatic carbocycles. The number of fused-ring (bicyclic) bond motifs is 1. The standard InChI is InChI=1S/C14H15N3O2/c1-14(2)8-18-9-4-3-5-10(13(9)14)19-12-7-16-11(15)6-17-12/h3-7H,8H2,1-2H3,(H2,15,16). The predicted octanol–water partition coefficient (Wildman–Crippen LogP) is 2.52. The van der Waals surface area contributed by atoms with Crippen molar-refractivity contribution in [3.63, 3.8) is 0 Å². The molecule has 2 N–H and O–H groups in total. The normalized spacial score (nSPS) is 15.7. The molecule has 0 spiro atoms. The molecule has 0 amide bonds. The second-order valence-corrected chi connectivity index (χ2v) is 5.18. The summed E-state index contributed by atoms with van der Waals surface area (Å²) in [7, 11) is 0. The van der Waals surface area contributed by atoms with E-state index in [1.807, 2.05) is 18.2 Å². The van der Waals surface area contributed by atoms with Crippen molar-refractivity contribution in [2.24, 2.45) is 0 Å². The molecule has 3 rings (SSSR count). The van der Waals surface area contributed by atoms with E-state index in [1.165, 1.54) is 12.4 Å². The van der Waals surface area contributed by atoms with Crippen LogP contribution in [0, 0.1) is 0 Å². The van der Waals surface area contributed by atoms with Gasteiger partial charge in [0, 0.05) is 11.0 Å². The average molecular weight is 257 g/mol. The van der Waals surface area contributed by atoms with Crippen molar-refractivity contribution in [1.29, 1.82) is 0 Å². The lowest BCUT2D eigenvalue weighted by Crippen LogP contribution is -2.19. The molecule has 2 aromatic rings. The van der Waals surface area contributed by atoms with Crippen LogP contribution in [0.1, 0.15) is 19.4 Å². The lowest BCUT2D eigenvalue weighted by molar-refractivity contribution is 0.290. The number of aromatic nitrogens is 2. The molecule has 0 saturated carbocycles. The third kappa shape index (κ3) is 2.07. The van der Waals surface area contributed by atoms with Crippen molar-refractivity contribution in [1.82, 2.24) is 9.97 Å². The number of anilines is 1. The molecule has 1 aromatic heterocycles. The number of hydrogen-bond acceptors (Lipinski definition) is 5. The van der Waals surface area contributed by atoms with Gasteiger partial charge in [0.1, 0.15) is 17.3 Å². The first-order valence-corrected chi connectivity index (χ1v) is 6.08. The van der Waals surface area contributed by atoms with Gasteiger partial charge in [-0.05, 0) is 12.1 Å². The van der Waals surface area contributed by atoms with E-state index < -0.39 is 0 Å². The zero-order valence-corrected chi connectivity index (χ0v) is 10.9. The highest BCUT2D eigenvalue weighted by molar-refractivity contribution is 5.52. The first-order valence-electron chi connectivity index (χ1n) is 6.08. The smallest absolute Gasteiger partial charge is 0.237 e. The second-order valence-electron chi connectivity index (χ2n) is 5.18. The molecule has 0 saturated heterocycles. The van der Waals surface area contributed by atoms with Crippen molar-refractivity contribution >= 4 is 5.82 Å². The average Bonchev–Trinajstić information content (AvgIpc) is 2.70. The maximum Gasteiger partial charge on any atom is 0.237 e. The van der Waals surface area contributed by atoms with Crippen LogP contribution in [0.3, 0.4) is 0 Å². The Hall–Kier alpha value is -2.30. The minimum atomic E-state index is -0.0762. The fourth-order valence-corrected chi connectivity index (χ4v) is 2.21. The Morgan fingerprint density at radius 2 is 2.11 bits per heavy atom. The Morgan fingerprint density at radius 1 is 1.26 bits per heavy atom. The summed E-state index contributed by atoms with van der Waals surface area (Å²) in [5.74, 6) is 2.41. The third-order valence-electron chi connectivity index (χ3n) is 3.12. The van der Waals surface area contributed by atoms with Gasteiger partial charge in [-0.3, -0.25) is 0 Å². The monoisotopic (exact) mass is 257 g/mol. The largest absolute Gasteiger partial charge is 0.492 e. The lowest BCUT2D eigenvalue weighted by Gasteiger charge is -2.18. The number of benzene rings is 1. The molecule has 0 aliphatic carbocycles. The number of ether oxygens (including phenoxy) is 2. The van der Waals surface area contributed by atoms with Crippen LogP contribution in [0.25, 0.3) is 0 Å². The van der Waals surface area contributed by atoms with Crippen LogP contribution < -0.4 is 15.2 Å². The topological polar surface area (TPSA) is 70.3 Å². The Morgan fingerprint density at radius 3 is 2.84 bits per heavy atom. The van der Waals surface area contributed by atoms with Crippen molar-refractivity contribution in [3.05, 3.63) is 36.2 Å². The molecule has 1 aliphatic rings. The van der Waals surface area contributed by atoms with Crippen molar-refractivity contribution in [3.8, 4) is 17.4 Å². The van der Waals surface area contributed by atoms with Gasteiger partial charge < -0.3 is 15.2 Å². The molecular formula is C14H15N3O2. The fraction of sp³-hybridized carbons (Fsp3) is 0.286. The van der Waals surface area contributed by atoms with Gasteiger partial charge in [-0.1, -0.05) is 19.9 Å². The van der Waals surface area contributed by atoms with Gasteiger partial charge in [0.05, 0.1) is 19.0 Å². The Kier molecular flexibility index (Phi) is 2.55. The summed E-state index contributed by atoms with van der Waals surface area (Å²) in [6.07, 6.45) is 2.98. The summed E-state index contributed by atoms with van der Waals surface area (Å²) in [4.78, 5) is 8.06. The Bertz CT molecular complexity index is 609. The minimum absolute atomic E-state index is 0.0762. The van der Waals surface area contributed by atoms with Crippen LogP contribution in [0.5, 0.6) is 17.4 Å². The number of nitrogens with two attached hydrogens (primary N) is 1. The molecule has 0 bridgehead atoms. The summed E-state index contributed by atoms with van der Waals surface area (Å²) in [5.41, 5.74) is 6.49. The van der Waals surface area contributed by atoms with Crippen LogP contribution in [-0.2, 0) is 5.41 Å². The van der Waals surface area contributed by atoms with E-state index >= 15 is 0 Å². The highest BCUT2D eigenvalue weighted by atomic mass is 16.5. The van der Waals surface area contributed by atoms with Crippen LogP contribution in [0.2, 0.25) is 0 Å². The molecule has 1 aliphatic heterocycles. The molecular weight excluding hydrogens is 242 g/mol. The van der Waals surface area contributed by atoms with Gasteiger partial charge in [-0.2, -0.15) is 0 Å². The zero-order chi connectivity index (χ0) is 13.5. The number of nitrogens with zero attached hydrogens (tertiary/aromatic N) is 2. The first kappa shape index (κ1) is 11.8. The van der Waals surface area contributed by atoms with Crippen LogP contribution >= 0.6 is 0 Å². The quantitative estimate of drug-likeness (QED) is 0.895. The molecule has 2 heterocycles. The number of rotatable bonds is 2. The van der Waals surface area contributed by atoms with E-state index in [9.17, 15) is 0 Å². The van der Waals surface area contributed by atoms with Crippen molar-refractivity contribution in [2.45, 2.75) is 19.3 Å². The first-order chi connectivity index (χ1) is 9.06. The van der Waals surface area contributed by atoms with Gasteiger partial charge in [0.15, 0.2) is 0 Å². The highest BCUT2D eigenvalue weighted by Gasteiger charge is 2.35. The predicted molar refractivity (Wildman–Crippen MR) is 71.5 cm³/mol. The van der Waals surface area contributed by atoms with Crippen LogP contribution in [-0.4, -0.2) is 16.6 Å². The molecule has 0 radical (unpaired) electrons. The van der Waals surface area contributed by atoms with Gasteiger partial charge in [-0.25, -0.2) is 9.97 Å². The lowest BCUT2D eigenvalue weighted by atomic mass is 9.86. The Labute approximate surface area is 111 Å². The van der Waals surface area contributed by atoms with E-state index in [0.717, 1.165) is 17.1 Å². The number of hydrogen-bond donors (Lipinski definition) is 1. The molecule has 0 fully saturated rings. The van der Waals surface area contributed by atoms with Crippen molar-refractivity contribution in [2.75, 3.05) is 12.3 Å². The summed E-state index contributed by atoms with van der Waals surface area (Å²) in [6.45, 7) is 4.90. The van der Waals surface area contributed by atoms with Crippen LogP contribution in [0.15, 0.2) is 30.6 Å². The highest BCUT2D eigenvalue weighted by Crippen LogP contribution is 2.44. The van der Waals surface area contributed by atoms with E-state index in [-0.39, 0.29) is 5.41 Å². The van der Waals surface area contributed by atoms with Gasteiger partial charge in [-0.15, -0.1) is 0 Å². The van der Waals surface area contributed by atoms with Gasteiger partial charge in [0.2, 0.25) is 5.88 Å². The molecule has 98 valence electrons. The maximum absolute atomic E-state index is 5.80. The second kappa shape index (κ2) is 4.12. The van der Waals surface area contributed by atoms with E-state index in [4.69, 9.17) is 15.2 Å². The summed E-state index contributed by atoms with van der Waals surface area (Å²) in [6, 6.07) is 5.76. The summed E-state index contributed by atoms with van der Waals surface area (Å²) < 4.78 is 11.5. The molecule has 0 unspecified atom stereocenters. The van der Waals surface area contributed by atoms with E-state index in [2.05, 4.69) is 23.8 Å². The SMILES string of the molecule is CC1(C)COc2cccc(Oc3cnc(N)cn3)c21. The van der Waals surface area contributed by atoms with E-state index in [0.29, 0.717) is 18.3 Å². The molecule has 0 atom stereocenters. The summed E-state index contributed by atoms with van der Waals surface area (Å²) in [5, 5.41) is 0. The Balaban J connectivity index is 1.99. The summed E-state index contributed by atoms with van der Waals surface area (Å²) >= 11 is 0. The molecule has 19 heavy (non-hydrogen) atoms. The van der Waals surface area contributed by atoms with E-state index in [1.54, 1.807) is 0 Å². The van der Waals surface area contributed by atoms with Crippen molar-refractivity contribution < 1.29 is 9.47 Å². The molecule has 5 heteroatoms.